The Labute approximate surface area is 78.8 Å². The highest BCUT2D eigenvalue weighted by Crippen LogP contribution is 2.31. The SMILES string of the molecule is NCCc1nn2c(c1Br)OCC2. The molecule has 0 saturated heterocycles. The van der Waals surface area contributed by atoms with E-state index in [9.17, 15) is 0 Å². The fraction of sp³-hybridized carbons (Fsp3) is 0.571. The smallest absolute Gasteiger partial charge is 0.226 e. The minimum Gasteiger partial charge on any atom is -0.475 e. The van der Waals surface area contributed by atoms with E-state index in [-0.39, 0.29) is 0 Å². The van der Waals surface area contributed by atoms with Crippen LogP contribution in [-0.2, 0) is 13.0 Å². The summed E-state index contributed by atoms with van der Waals surface area (Å²) in [5.41, 5.74) is 6.43. The van der Waals surface area contributed by atoms with Crippen molar-refractivity contribution < 1.29 is 4.74 Å². The summed E-state index contributed by atoms with van der Waals surface area (Å²) in [4.78, 5) is 0. The zero-order chi connectivity index (χ0) is 8.55. The summed E-state index contributed by atoms with van der Waals surface area (Å²) in [7, 11) is 0. The Balaban J connectivity index is 2.34. The highest BCUT2D eigenvalue weighted by Gasteiger charge is 2.20. The molecule has 2 heterocycles. The van der Waals surface area contributed by atoms with Crippen LogP contribution in [0, 0.1) is 0 Å². The molecule has 0 radical (unpaired) electrons. The minimum absolute atomic E-state index is 0.620. The molecule has 0 atom stereocenters. The molecular weight excluding hydrogens is 222 g/mol. The van der Waals surface area contributed by atoms with Gasteiger partial charge in [-0.25, -0.2) is 4.68 Å². The normalized spacial score (nSPS) is 14.5. The number of ether oxygens (including phenoxy) is 1. The van der Waals surface area contributed by atoms with Gasteiger partial charge in [-0.3, -0.25) is 0 Å². The Hall–Kier alpha value is -0.550. The lowest BCUT2D eigenvalue weighted by Crippen LogP contribution is -2.05. The molecule has 1 aromatic heterocycles. The van der Waals surface area contributed by atoms with Crippen molar-refractivity contribution in [1.29, 1.82) is 0 Å². The number of hydrogen-bond donors (Lipinski definition) is 1. The van der Waals surface area contributed by atoms with Crippen LogP contribution in [0.1, 0.15) is 5.69 Å². The number of hydrogen-bond acceptors (Lipinski definition) is 3. The van der Waals surface area contributed by atoms with E-state index in [2.05, 4.69) is 21.0 Å². The second-order valence-corrected chi connectivity index (χ2v) is 3.47. The summed E-state index contributed by atoms with van der Waals surface area (Å²) in [5.74, 6) is 0.846. The zero-order valence-corrected chi connectivity index (χ0v) is 8.17. The largest absolute Gasteiger partial charge is 0.475 e. The summed E-state index contributed by atoms with van der Waals surface area (Å²) < 4.78 is 8.20. The number of nitrogens with two attached hydrogens (primary N) is 1. The van der Waals surface area contributed by atoms with Gasteiger partial charge in [0.1, 0.15) is 11.1 Å². The van der Waals surface area contributed by atoms with Gasteiger partial charge in [-0.2, -0.15) is 5.10 Å². The predicted octanol–water partition coefficient (Wildman–Crippen LogP) is 0.539. The first-order valence-electron chi connectivity index (χ1n) is 3.91. The first kappa shape index (κ1) is 8.07. The van der Waals surface area contributed by atoms with Crippen LogP contribution in [0.2, 0.25) is 0 Å². The van der Waals surface area contributed by atoms with E-state index in [0.29, 0.717) is 6.54 Å². The zero-order valence-electron chi connectivity index (χ0n) is 6.59. The van der Waals surface area contributed by atoms with Gasteiger partial charge in [-0.05, 0) is 22.5 Å². The molecule has 0 bridgehead atoms. The van der Waals surface area contributed by atoms with E-state index < -0.39 is 0 Å². The third-order valence-electron chi connectivity index (χ3n) is 1.84. The van der Waals surface area contributed by atoms with Gasteiger partial charge in [-0.1, -0.05) is 0 Å². The Morgan fingerprint density at radius 1 is 1.67 bits per heavy atom. The van der Waals surface area contributed by atoms with E-state index in [1.165, 1.54) is 0 Å². The standard InChI is InChI=1S/C7H10BrN3O/c8-6-5(1-2-9)10-11-3-4-12-7(6)11/h1-4,9H2. The van der Waals surface area contributed by atoms with Gasteiger partial charge in [-0.15, -0.1) is 0 Å². The lowest BCUT2D eigenvalue weighted by atomic mass is 10.3. The topological polar surface area (TPSA) is 53.1 Å². The van der Waals surface area contributed by atoms with Gasteiger partial charge in [0.2, 0.25) is 5.88 Å². The van der Waals surface area contributed by atoms with E-state index in [1.54, 1.807) is 0 Å². The predicted molar refractivity (Wildman–Crippen MR) is 48.2 cm³/mol. The molecule has 0 amide bonds. The van der Waals surface area contributed by atoms with Crippen LogP contribution in [0.5, 0.6) is 5.88 Å². The molecule has 0 aliphatic carbocycles. The van der Waals surface area contributed by atoms with Crippen LogP contribution in [0.15, 0.2) is 4.47 Å². The van der Waals surface area contributed by atoms with Crippen LogP contribution in [0.25, 0.3) is 0 Å². The molecule has 66 valence electrons. The fourth-order valence-corrected chi connectivity index (χ4v) is 1.88. The van der Waals surface area contributed by atoms with Crippen LogP contribution in [-0.4, -0.2) is 22.9 Å². The fourth-order valence-electron chi connectivity index (χ4n) is 1.29. The first-order valence-corrected chi connectivity index (χ1v) is 4.70. The van der Waals surface area contributed by atoms with Gasteiger partial charge in [0.25, 0.3) is 0 Å². The molecule has 12 heavy (non-hydrogen) atoms. The molecule has 0 saturated carbocycles. The van der Waals surface area contributed by atoms with E-state index >= 15 is 0 Å². The highest BCUT2D eigenvalue weighted by atomic mass is 79.9. The average Bonchev–Trinajstić information content (AvgIpc) is 2.58. The third-order valence-corrected chi connectivity index (χ3v) is 2.64. The van der Waals surface area contributed by atoms with Crippen molar-refractivity contribution in [3.05, 3.63) is 10.2 Å². The molecule has 2 N–H and O–H groups in total. The van der Waals surface area contributed by atoms with Crippen molar-refractivity contribution >= 4 is 15.9 Å². The number of aromatic nitrogens is 2. The summed E-state index contributed by atoms with van der Waals surface area (Å²) in [5, 5.41) is 4.34. The first-order chi connectivity index (χ1) is 5.83. The molecule has 4 nitrogen and oxygen atoms in total. The Morgan fingerprint density at radius 3 is 3.17 bits per heavy atom. The van der Waals surface area contributed by atoms with Crippen molar-refractivity contribution in [3.8, 4) is 5.88 Å². The lowest BCUT2D eigenvalue weighted by molar-refractivity contribution is 0.354. The van der Waals surface area contributed by atoms with Crippen molar-refractivity contribution in [3.63, 3.8) is 0 Å². The monoisotopic (exact) mass is 231 g/mol. The Morgan fingerprint density at radius 2 is 2.50 bits per heavy atom. The lowest BCUT2D eigenvalue weighted by Gasteiger charge is -1.94. The van der Waals surface area contributed by atoms with Gasteiger partial charge in [0.05, 0.1) is 12.2 Å². The summed E-state index contributed by atoms with van der Waals surface area (Å²) in [6.45, 7) is 2.19. The maximum absolute atomic E-state index is 5.44. The number of nitrogens with zero attached hydrogens (tertiary/aromatic N) is 2. The van der Waals surface area contributed by atoms with Crippen LogP contribution >= 0.6 is 15.9 Å². The molecular formula is C7H10BrN3O. The van der Waals surface area contributed by atoms with E-state index in [0.717, 1.165) is 35.6 Å². The molecule has 1 aliphatic rings. The van der Waals surface area contributed by atoms with Gasteiger partial charge in [0.15, 0.2) is 0 Å². The number of rotatable bonds is 2. The van der Waals surface area contributed by atoms with Crippen LogP contribution < -0.4 is 10.5 Å². The van der Waals surface area contributed by atoms with Gasteiger partial charge in [0, 0.05) is 6.42 Å². The molecule has 5 heteroatoms. The number of halogens is 1. The highest BCUT2D eigenvalue weighted by molar-refractivity contribution is 9.10. The Kier molecular flexibility index (Phi) is 2.06. The van der Waals surface area contributed by atoms with E-state index in [1.807, 2.05) is 4.68 Å². The summed E-state index contributed by atoms with van der Waals surface area (Å²) in [6.07, 6.45) is 0.796. The molecule has 0 unspecified atom stereocenters. The Bertz CT molecular complexity index is 297. The third kappa shape index (κ3) is 1.13. The molecule has 1 aliphatic heterocycles. The maximum Gasteiger partial charge on any atom is 0.226 e. The molecule has 0 fully saturated rings. The van der Waals surface area contributed by atoms with Gasteiger partial charge < -0.3 is 10.5 Å². The minimum atomic E-state index is 0.620. The second-order valence-electron chi connectivity index (χ2n) is 2.68. The van der Waals surface area contributed by atoms with Crippen molar-refractivity contribution in [2.24, 2.45) is 5.73 Å². The van der Waals surface area contributed by atoms with Crippen molar-refractivity contribution in [2.75, 3.05) is 13.2 Å². The average molecular weight is 232 g/mol. The van der Waals surface area contributed by atoms with E-state index in [4.69, 9.17) is 10.5 Å². The molecule has 2 rings (SSSR count). The second kappa shape index (κ2) is 3.06. The molecule has 0 spiro atoms. The molecule has 1 aromatic rings. The van der Waals surface area contributed by atoms with Crippen LogP contribution in [0.3, 0.4) is 0 Å². The van der Waals surface area contributed by atoms with Crippen LogP contribution in [0.4, 0.5) is 0 Å². The van der Waals surface area contributed by atoms with Crippen molar-refractivity contribution in [2.45, 2.75) is 13.0 Å². The van der Waals surface area contributed by atoms with Crippen molar-refractivity contribution in [1.82, 2.24) is 9.78 Å². The quantitative estimate of drug-likeness (QED) is 0.809. The maximum atomic E-state index is 5.44. The summed E-state index contributed by atoms with van der Waals surface area (Å²) >= 11 is 3.44. The number of fused-ring (bicyclic) bond motifs is 1. The molecule has 0 aromatic carbocycles. The van der Waals surface area contributed by atoms with Gasteiger partial charge >= 0.3 is 0 Å². The summed E-state index contributed by atoms with van der Waals surface area (Å²) in [6, 6.07) is 0.